The number of sulfonamides is 1. The van der Waals surface area contributed by atoms with Crippen LogP contribution in [0, 0.1) is 6.92 Å². The van der Waals surface area contributed by atoms with Crippen molar-refractivity contribution < 1.29 is 27.5 Å². The predicted octanol–water partition coefficient (Wildman–Crippen LogP) is 8.23. The number of aryl methyl sites for hydroxylation is 1. The van der Waals surface area contributed by atoms with Crippen LogP contribution < -0.4 is 9.64 Å². The van der Waals surface area contributed by atoms with Gasteiger partial charge < -0.3 is 14.4 Å². The molecule has 1 heterocycles. The van der Waals surface area contributed by atoms with E-state index < -0.39 is 28.4 Å². The number of carbonyl (C=O) groups excluding carboxylic acids is 2. The Balaban J connectivity index is 1.31. The highest BCUT2D eigenvalue weighted by atomic mass is 32.2. The van der Waals surface area contributed by atoms with Gasteiger partial charge in [0.05, 0.1) is 23.7 Å². The minimum Gasteiger partial charge on any atom is -0.488 e. The van der Waals surface area contributed by atoms with E-state index in [4.69, 9.17) is 14.5 Å². The molecular formula is C43H45N3O6S. The lowest BCUT2D eigenvalue weighted by molar-refractivity contribution is -0.118. The number of ether oxygens (including phenoxy) is 2. The zero-order chi connectivity index (χ0) is 37.2. The monoisotopic (exact) mass is 731 g/mol. The number of anilines is 1. The van der Waals surface area contributed by atoms with E-state index in [1.165, 1.54) is 48.9 Å². The van der Waals surface area contributed by atoms with Gasteiger partial charge in [-0.1, -0.05) is 104 Å². The molecule has 0 bridgehead atoms. The summed E-state index contributed by atoms with van der Waals surface area (Å²) >= 11 is 0. The molecule has 1 aromatic heterocycles. The molecule has 274 valence electrons. The molecule has 1 aliphatic carbocycles. The standard InChI is InChI=1S/C43H45N3O6S/c1-32-18-23-39(24-19-32)53(49,50)45(2)29-42(47)46(28-37-21-20-36(27-44-37)35-16-10-5-11-17-35)38-22-25-40(43(48)52-31-34-14-8-4-9-15-34)41(26-38)51-30-33-12-6-3-7-13-33/h3-4,6-9,12-15,18-27,35H,5,10-11,16-17,28-31H2,1-2H3. The maximum atomic E-state index is 14.2. The van der Waals surface area contributed by atoms with Crippen LogP contribution in [0.5, 0.6) is 5.75 Å². The van der Waals surface area contributed by atoms with Crippen molar-refractivity contribution in [3.63, 3.8) is 0 Å². The largest absolute Gasteiger partial charge is 0.488 e. The van der Waals surface area contributed by atoms with Crippen LogP contribution in [0.15, 0.2) is 126 Å². The summed E-state index contributed by atoms with van der Waals surface area (Å²) in [4.78, 5) is 34.0. The van der Waals surface area contributed by atoms with Crippen molar-refractivity contribution in [2.75, 3.05) is 18.5 Å². The summed E-state index contributed by atoms with van der Waals surface area (Å²) in [5, 5.41) is 0. The van der Waals surface area contributed by atoms with Gasteiger partial charge in [0.2, 0.25) is 15.9 Å². The Kier molecular flexibility index (Phi) is 12.3. The minimum atomic E-state index is -3.97. The van der Waals surface area contributed by atoms with Crippen LogP contribution in [-0.2, 0) is 39.3 Å². The van der Waals surface area contributed by atoms with Crippen LogP contribution >= 0.6 is 0 Å². The third-order valence-electron chi connectivity index (χ3n) is 9.58. The van der Waals surface area contributed by atoms with Gasteiger partial charge in [0.1, 0.15) is 24.5 Å². The molecule has 1 fully saturated rings. The Morgan fingerprint density at radius 3 is 2.09 bits per heavy atom. The van der Waals surface area contributed by atoms with E-state index in [0.29, 0.717) is 17.3 Å². The predicted molar refractivity (Wildman–Crippen MR) is 205 cm³/mol. The summed E-state index contributed by atoms with van der Waals surface area (Å²) in [6.45, 7) is 1.76. The number of rotatable bonds is 14. The van der Waals surface area contributed by atoms with Gasteiger partial charge in [0.25, 0.3) is 0 Å². The van der Waals surface area contributed by atoms with Crippen LogP contribution in [0.3, 0.4) is 0 Å². The van der Waals surface area contributed by atoms with Crippen molar-refractivity contribution >= 4 is 27.6 Å². The first-order valence-corrected chi connectivity index (χ1v) is 19.4. The van der Waals surface area contributed by atoms with Crippen molar-refractivity contribution in [3.8, 4) is 5.75 Å². The average molecular weight is 732 g/mol. The van der Waals surface area contributed by atoms with Gasteiger partial charge in [0.15, 0.2) is 0 Å². The zero-order valence-electron chi connectivity index (χ0n) is 30.2. The van der Waals surface area contributed by atoms with Crippen molar-refractivity contribution in [2.24, 2.45) is 0 Å². The number of nitrogens with zero attached hydrogens (tertiary/aromatic N) is 3. The third-order valence-corrected chi connectivity index (χ3v) is 11.4. The molecule has 1 aliphatic rings. The summed E-state index contributed by atoms with van der Waals surface area (Å²) in [6.07, 6.45) is 7.84. The zero-order valence-corrected chi connectivity index (χ0v) is 31.0. The lowest BCUT2D eigenvalue weighted by Crippen LogP contribution is -2.41. The summed E-state index contributed by atoms with van der Waals surface area (Å²) in [7, 11) is -2.58. The number of esters is 1. The van der Waals surface area contributed by atoms with Crippen LogP contribution in [-0.4, -0.2) is 43.2 Å². The summed E-state index contributed by atoms with van der Waals surface area (Å²) in [5.41, 5.74) is 5.09. The highest BCUT2D eigenvalue weighted by Gasteiger charge is 2.28. The fourth-order valence-electron chi connectivity index (χ4n) is 6.45. The maximum absolute atomic E-state index is 14.2. The second-order valence-corrected chi connectivity index (χ2v) is 15.5. The summed E-state index contributed by atoms with van der Waals surface area (Å²) in [6, 6.07) is 34.3. The fraction of sp³-hybridized carbons (Fsp3) is 0.279. The number of hydrogen-bond acceptors (Lipinski definition) is 7. The van der Waals surface area contributed by atoms with Gasteiger partial charge in [-0.25, -0.2) is 13.2 Å². The minimum absolute atomic E-state index is 0.0676. The van der Waals surface area contributed by atoms with Crippen LogP contribution in [0.25, 0.3) is 0 Å². The summed E-state index contributed by atoms with van der Waals surface area (Å²) in [5.74, 6) is -0.356. The molecule has 0 aliphatic heterocycles. The van der Waals surface area contributed by atoms with Gasteiger partial charge in [0, 0.05) is 25.0 Å². The van der Waals surface area contributed by atoms with E-state index in [9.17, 15) is 18.0 Å². The Hall–Kier alpha value is -5.32. The molecular weight excluding hydrogens is 687 g/mol. The number of hydrogen-bond donors (Lipinski definition) is 0. The smallest absolute Gasteiger partial charge is 0.342 e. The normalized spacial score (nSPS) is 13.4. The SMILES string of the molecule is Cc1ccc(S(=O)(=O)N(C)CC(=O)N(Cc2ccc(C3CCCCC3)cn2)c2ccc(C(=O)OCc3ccccc3)c(OCc3ccccc3)c2)cc1. The fourth-order valence-corrected chi connectivity index (χ4v) is 7.57. The van der Waals surface area contributed by atoms with Gasteiger partial charge in [-0.15, -0.1) is 0 Å². The van der Waals surface area contributed by atoms with E-state index in [1.54, 1.807) is 30.3 Å². The third kappa shape index (κ3) is 9.77. The lowest BCUT2D eigenvalue weighted by Gasteiger charge is -2.27. The topological polar surface area (TPSA) is 106 Å². The van der Waals surface area contributed by atoms with E-state index in [-0.39, 0.29) is 36.0 Å². The van der Waals surface area contributed by atoms with Gasteiger partial charge in [-0.05, 0) is 72.7 Å². The molecule has 0 unspecified atom stereocenters. The molecule has 0 spiro atoms. The van der Waals surface area contributed by atoms with Gasteiger partial charge >= 0.3 is 5.97 Å². The number of likely N-dealkylation sites (N-methyl/N-ethyl adjacent to an activating group) is 1. The van der Waals surface area contributed by atoms with E-state index in [1.807, 2.05) is 79.9 Å². The molecule has 0 atom stereocenters. The Morgan fingerprint density at radius 1 is 0.792 bits per heavy atom. The Morgan fingerprint density at radius 2 is 1.45 bits per heavy atom. The maximum Gasteiger partial charge on any atom is 0.342 e. The first-order valence-electron chi connectivity index (χ1n) is 18.0. The van der Waals surface area contributed by atoms with Crippen molar-refractivity contribution in [1.29, 1.82) is 0 Å². The van der Waals surface area contributed by atoms with Crippen LogP contribution in [0.1, 0.15) is 76.3 Å². The molecule has 0 radical (unpaired) electrons. The Bertz CT molecular complexity index is 2080. The molecule has 5 aromatic rings. The molecule has 1 amide bonds. The molecule has 9 nitrogen and oxygen atoms in total. The first-order chi connectivity index (χ1) is 25.7. The molecule has 0 N–H and O–H groups in total. The first kappa shape index (κ1) is 37.4. The highest BCUT2D eigenvalue weighted by Crippen LogP contribution is 2.33. The number of pyridine rings is 1. The quantitative estimate of drug-likeness (QED) is 0.106. The van der Waals surface area contributed by atoms with Crippen molar-refractivity contribution in [1.82, 2.24) is 9.29 Å². The van der Waals surface area contributed by atoms with E-state index in [2.05, 4.69) is 6.07 Å². The van der Waals surface area contributed by atoms with E-state index in [0.717, 1.165) is 33.8 Å². The average Bonchev–Trinajstić information content (AvgIpc) is 3.19. The molecule has 0 saturated heterocycles. The summed E-state index contributed by atoms with van der Waals surface area (Å²) < 4.78 is 40.0. The van der Waals surface area contributed by atoms with Crippen LogP contribution in [0.2, 0.25) is 0 Å². The number of carbonyl (C=O) groups is 2. The van der Waals surface area contributed by atoms with Crippen molar-refractivity contribution in [3.05, 3.63) is 155 Å². The Labute approximate surface area is 312 Å². The number of aromatic nitrogens is 1. The molecule has 53 heavy (non-hydrogen) atoms. The molecule has 10 heteroatoms. The van der Waals surface area contributed by atoms with E-state index >= 15 is 0 Å². The van der Waals surface area contributed by atoms with Gasteiger partial charge in [-0.3, -0.25) is 9.78 Å². The number of amides is 1. The number of benzene rings is 4. The highest BCUT2D eigenvalue weighted by molar-refractivity contribution is 7.89. The molecule has 4 aromatic carbocycles. The molecule has 1 saturated carbocycles. The van der Waals surface area contributed by atoms with Crippen molar-refractivity contribution in [2.45, 2.75) is 69.6 Å². The second kappa shape index (κ2) is 17.5. The van der Waals surface area contributed by atoms with Gasteiger partial charge in [-0.2, -0.15) is 4.31 Å². The lowest BCUT2D eigenvalue weighted by atomic mass is 9.85. The second-order valence-electron chi connectivity index (χ2n) is 13.5. The molecule has 6 rings (SSSR count). The van der Waals surface area contributed by atoms with Crippen LogP contribution in [0.4, 0.5) is 5.69 Å².